The van der Waals surface area contributed by atoms with E-state index in [1.807, 2.05) is 0 Å². The van der Waals surface area contributed by atoms with E-state index in [0.29, 0.717) is 22.4 Å². The highest BCUT2D eigenvalue weighted by Crippen LogP contribution is 2.33. The van der Waals surface area contributed by atoms with E-state index in [-0.39, 0.29) is 16.8 Å². The zero-order chi connectivity index (χ0) is 26.6. The van der Waals surface area contributed by atoms with Crippen LogP contribution in [0, 0.1) is 0 Å². The number of aliphatic carboxylic acids is 1. The number of hydrogen-bond donors (Lipinski definition) is 1. The summed E-state index contributed by atoms with van der Waals surface area (Å²) < 4.78 is 44.2. The number of hydrogen-bond acceptors (Lipinski definition) is 5. The van der Waals surface area contributed by atoms with E-state index in [0.717, 1.165) is 12.1 Å². The summed E-state index contributed by atoms with van der Waals surface area (Å²) in [5, 5.41) is 13.6. The average molecular weight is 499 g/mol. The Hall–Kier alpha value is -4.34. The second-order valence-corrected chi connectivity index (χ2v) is 8.07. The summed E-state index contributed by atoms with van der Waals surface area (Å²) in [6.45, 7) is 0. The van der Waals surface area contributed by atoms with Crippen LogP contribution in [-0.2, 0) is 17.4 Å². The summed E-state index contributed by atoms with van der Waals surface area (Å²) in [5.74, 6) is -2.04. The lowest BCUT2D eigenvalue weighted by Gasteiger charge is -2.18. The lowest BCUT2D eigenvalue weighted by atomic mass is 9.97. The van der Waals surface area contributed by atoms with Gasteiger partial charge in [0.25, 0.3) is 11.8 Å². The number of alkyl halides is 3. The third-order valence-electron chi connectivity index (χ3n) is 5.31. The number of carbonyl (C=O) groups is 3. The number of ether oxygens (including phenoxy) is 1. The highest BCUT2D eigenvalue weighted by molar-refractivity contribution is 6.12. The zero-order valence-corrected chi connectivity index (χ0v) is 19.6. The van der Waals surface area contributed by atoms with E-state index in [1.165, 1.54) is 74.6 Å². The molecule has 1 N–H and O–H groups in total. The van der Waals surface area contributed by atoms with Gasteiger partial charge in [0.1, 0.15) is 5.75 Å². The largest absolute Gasteiger partial charge is 0.550 e. The summed E-state index contributed by atoms with van der Waals surface area (Å²) in [6, 6.07) is 13.1. The second kappa shape index (κ2) is 10.5. The topological polar surface area (TPSA) is 98.8 Å². The number of methoxy groups -OCH3 is 1. The lowest BCUT2D eigenvalue weighted by Crippen LogP contribution is -2.26. The van der Waals surface area contributed by atoms with E-state index < -0.39 is 35.9 Å². The third kappa shape index (κ3) is 6.01. The number of nitrogens with one attached hydrogen (secondary N) is 1. The van der Waals surface area contributed by atoms with Gasteiger partial charge < -0.3 is 24.9 Å². The van der Waals surface area contributed by atoms with Gasteiger partial charge in [-0.1, -0.05) is 18.2 Å². The molecule has 0 unspecified atom stereocenters. The Morgan fingerprint density at radius 2 is 1.61 bits per heavy atom. The summed E-state index contributed by atoms with van der Waals surface area (Å²) in [5.41, 5.74) is 0.469. The maximum Gasteiger partial charge on any atom is 0.416 e. The molecule has 7 nitrogen and oxygen atoms in total. The summed E-state index contributed by atoms with van der Waals surface area (Å²) >= 11 is 0. The van der Waals surface area contributed by atoms with E-state index >= 15 is 0 Å². The molecule has 0 spiro atoms. The van der Waals surface area contributed by atoms with Crippen molar-refractivity contribution < 1.29 is 37.4 Å². The van der Waals surface area contributed by atoms with E-state index in [4.69, 9.17) is 4.74 Å². The molecule has 0 radical (unpaired) electrons. The summed E-state index contributed by atoms with van der Waals surface area (Å²) in [4.78, 5) is 38.2. The number of anilines is 1. The Balaban J connectivity index is 2.03. The molecule has 0 aromatic heterocycles. The molecule has 3 aromatic rings. The van der Waals surface area contributed by atoms with Gasteiger partial charge in [0.05, 0.1) is 23.9 Å². The van der Waals surface area contributed by atoms with Crippen LogP contribution in [0.15, 0.2) is 60.7 Å². The Morgan fingerprint density at radius 3 is 2.17 bits per heavy atom. The van der Waals surface area contributed by atoms with Crippen LogP contribution in [-0.4, -0.2) is 43.9 Å². The SMILES string of the molecule is COc1ccc(C(=O)Nc2ccc(CC(=O)[O-])cc2C(=O)N(C)C)c(-c2ccc(C(F)(F)F)cc2)c1. The molecular weight excluding hydrogens is 477 g/mol. The van der Waals surface area contributed by atoms with Crippen LogP contribution in [0.25, 0.3) is 11.1 Å². The van der Waals surface area contributed by atoms with Gasteiger partial charge >= 0.3 is 6.18 Å². The van der Waals surface area contributed by atoms with Gasteiger partial charge in [0, 0.05) is 32.0 Å². The zero-order valence-electron chi connectivity index (χ0n) is 19.6. The Kier molecular flexibility index (Phi) is 7.67. The first kappa shape index (κ1) is 26.3. The first-order chi connectivity index (χ1) is 16.9. The van der Waals surface area contributed by atoms with Crippen molar-refractivity contribution in [2.75, 3.05) is 26.5 Å². The molecule has 36 heavy (non-hydrogen) atoms. The molecule has 0 aliphatic heterocycles. The lowest BCUT2D eigenvalue weighted by molar-refractivity contribution is -0.304. The molecule has 0 atom stereocenters. The standard InChI is InChI=1S/C26H23F3N2O5/c1-31(2)25(35)21-12-15(13-23(32)33)4-11-22(21)30-24(34)19-10-9-18(36-3)14-20(19)16-5-7-17(8-6-16)26(27,28)29/h4-12,14H,13H2,1-3H3,(H,30,34)(H,32,33)/p-1. The van der Waals surface area contributed by atoms with Crippen molar-refractivity contribution >= 4 is 23.5 Å². The number of halogens is 3. The van der Waals surface area contributed by atoms with Crippen molar-refractivity contribution in [3.05, 3.63) is 82.9 Å². The van der Waals surface area contributed by atoms with Crippen LogP contribution in [0.2, 0.25) is 0 Å². The van der Waals surface area contributed by atoms with Crippen molar-refractivity contribution in [2.45, 2.75) is 12.6 Å². The van der Waals surface area contributed by atoms with Crippen molar-refractivity contribution in [2.24, 2.45) is 0 Å². The normalized spacial score (nSPS) is 11.1. The highest BCUT2D eigenvalue weighted by atomic mass is 19.4. The first-order valence-corrected chi connectivity index (χ1v) is 10.6. The molecule has 2 amide bonds. The van der Waals surface area contributed by atoms with Crippen LogP contribution in [0.3, 0.4) is 0 Å². The molecule has 0 saturated heterocycles. The third-order valence-corrected chi connectivity index (χ3v) is 5.31. The Labute approximate surface area is 205 Å². The van der Waals surface area contributed by atoms with Crippen LogP contribution >= 0.6 is 0 Å². The molecule has 0 aliphatic carbocycles. The second-order valence-electron chi connectivity index (χ2n) is 8.07. The Bertz CT molecular complexity index is 1300. The number of benzene rings is 3. The maximum absolute atomic E-state index is 13.3. The number of rotatable bonds is 7. The number of carbonyl (C=O) groups excluding carboxylic acids is 3. The molecule has 0 aliphatic rings. The van der Waals surface area contributed by atoms with Crippen LogP contribution in [0.5, 0.6) is 5.75 Å². The first-order valence-electron chi connectivity index (χ1n) is 10.6. The van der Waals surface area contributed by atoms with Crippen molar-refractivity contribution in [3.63, 3.8) is 0 Å². The molecular formula is C26H22F3N2O5-. The van der Waals surface area contributed by atoms with Crippen LogP contribution in [0.4, 0.5) is 18.9 Å². The van der Waals surface area contributed by atoms with Gasteiger partial charge in [-0.25, -0.2) is 0 Å². The fourth-order valence-corrected chi connectivity index (χ4v) is 3.51. The van der Waals surface area contributed by atoms with Gasteiger partial charge in [-0.2, -0.15) is 13.2 Å². The predicted octanol–water partition coefficient (Wildman–Crippen LogP) is 3.63. The van der Waals surface area contributed by atoms with Crippen molar-refractivity contribution in [3.8, 4) is 16.9 Å². The van der Waals surface area contributed by atoms with Gasteiger partial charge in [-0.05, 0) is 59.2 Å². The number of carboxylic acid groups (broad SMARTS) is 1. The van der Waals surface area contributed by atoms with E-state index in [1.54, 1.807) is 0 Å². The predicted molar refractivity (Wildman–Crippen MR) is 125 cm³/mol. The average Bonchev–Trinajstić information content (AvgIpc) is 2.83. The highest BCUT2D eigenvalue weighted by Gasteiger charge is 2.30. The molecule has 3 aromatic carbocycles. The van der Waals surface area contributed by atoms with Gasteiger partial charge in [-0.3, -0.25) is 9.59 Å². The van der Waals surface area contributed by atoms with Crippen molar-refractivity contribution in [1.82, 2.24) is 4.90 Å². The van der Waals surface area contributed by atoms with E-state index in [9.17, 15) is 32.7 Å². The van der Waals surface area contributed by atoms with Gasteiger partial charge in [-0.15, -0.1) is 0 Å². The van der Waals surface area contributed by atoms with Crippen LogP contribution < -0.4 is 15.2 Å². The smallest absolute Gasteiger partial charge is 0.416 e. The summed E-state index contributed by atoms with van der Waals surface area (Å²) in [7, 11) is 4.43. The molecule has 0 bridgehead atoms. The molecule has 188 valence electrons. The molecule has 0 fully saturated rings. The van der Waals surface area contributed by atoms with Gasteiger partial charge in [0.15, 0.2) is 0 Å². The fraction of sp³-hybridized carbons (Fsp3) is 0.192. The summed E-state index contributed by atoms with van der Waals surface area (Å²) in [6.07, 6.45) is -4.93. The number of amides is 2. The maximum atomic E-state index is 13.3. The van der Waals surface area contributed by atoms with Gasteiger partial charge in [0.2, 0.25) is 0 Å². The molecule has 10 heteroatoms. The number of nitrogens with zero attached hydrogens (tertiary/aromatic N) is 1. The minimum atomic E-state index is -4.51. The molecule has 0 heterocycles. The minimum Gasteiger partial charge on any atom is -0.550 e. The fourth-order valence-electron chi connectivity index (χ4n) is 3.51. The monoisotopic (exact) mass is 499 g/mol. The molecule has 3 rings (SSSR count). The molecule has 0 saturated carbocycles. The quantitative estimate of drug-likeness (QED) is 0.536. The van der Waals surface area contributed by atoms with Crippen molar-refractivity contribution in [1.29, 1.82) is 0 Å². The Morgan fingerprint density at radius 1 is 0.944 bits per heavy atom. The van der Waals surface area contributed by atoms with E-state index in [2.05, 4.69) is 5.32 Å². The van der Waals surface area contributed by atoms with Crippen LogP contribution in [0.1, 0.15) is 31.8 Å². The minimum absolute atomic E-state index is 0.0664. The number of carboxylic acids is 1.